The number of ether oxygens (including phenoxy) is 1. The van der Waals surface area contributed by atoms with Crippen LogP contribution in [-0.2, 0) is 6.42 Å². The van der Waals surface area contributed by atoms with Crippen LogP contribution in [0.25, 0.3) is 0 Å². The average molecular weight is 264 g/mol. The third-order valence-electron chi connectivity index (χ3n) is 3.57. The van der Waals surface area contributed by atoms with Crippen LogP contribution in [0.5, 0.6) is 5.75 Å². The van der Waals surface area contributed by atoms with E-state index < -0.39 is 0 Å². The molecule has 108 valence electrons. The summed E-state index contributed by atoms with van der Waals surface area (Å²) in [6.45, 7) is 7.75. The second-order valence-corrected chi connectivity index (χ2v) is 5.36. The molecule has 0 saturated carbocycles. The van der Waals surface area contributed by atoms with Crippen LogP contribution in [0.15, 0.2) is 24.3 Å². The maximum absolute atomic E-state index is 5.16. The summed E-state index contributed by atoms with van der Waals surface area (Å²) < 4.78 is 5.16. The molecule has 0 spiro atoms. The smallest absolute Gasteiger partial charge is 0.118 e. The van der Waals surface area contributed by atoms with Gasteiger partial charge in [-0.1, -0.05) is 26.0 Å². The van der Waals surface area contributed by atoms with Gasteiger partial charge in [-0.05, 0) is 62.6 Å². The molecule has 3 heteroatoms. The Bertz CT molecular complexity index is 335. The van der Waals surface area contributed by atoms with Gasteiger partial charge in [0.2, 0.25) is 0 Å². The van der Waals surface area contributed by atoms with Crippen LogP contribution in [0.4, 0.5) is 0 Å². The minimum Gasteiger partial charge on any atom is -0.497 e. The number of nitrogens with one attached hydrogen (secondary N) is 2. The summed E-state index contributed by atoms with van der Waals surface area (Å²) in [5.74, 6) is 2.33. The van der Waals surface area contributed by atoms with Crippen LogP contribution >= 0.6 is 0 Å². The zero-order valence-corrected chi connectivity index (χ0v) is 12.7. The predicted molar refractivity (Wildman–Crippen MR) is 81.8 cm³/mol. The van der Waals surface area contributed by atoms with Crippen LogP contribution < -0.4 is 15.4 Å². The van der Waals surface area contributed by atoms with Crippen molar-refractivity contribution < 1.29 is 4.74 Å². The highest BCUT2D eigenvalue weighted by Crippen LogP contribution is 2.11. The summed E-state index contributed by atoms with van der Waals surface area (Å²) in [6.07, 6.45) is 1.06. The van der Waals surface area contributed by atoms with Gasteiger partial charge in [0.05, 0.1) is 7.11 Å². The highest BCUT2D eigenvalue weighted by Gasteiger charge is 2.11. The predicted octanol–water partition coefficient (Wildman–Crippen LogP) is 2.32. The summed E-state index contributed by atoms with van der Waals surface area (Å²) in [5.41, 5.74) is 1.35. The first-order valence-corrected chi connectivity index (χ1v) is 7.15. The Balaban J connectivity index is 2.25. The topological polar surface area (TPSA) is 33.3 Å². The van der Waals surface area contributed by atoms with E-state index in [1.54, 1.807) is 7.11 Å². The third-order valence-corrected chi connectivity index (χ3v) is 3.57. The van der Waals surface area contributed by atoms with Crippen LogP contribution in [0.2, 0.25) is 0 Å². The van der Waals surface area contributed by atoms with Gasteiger partial charge in [-0.2, -0.15) is 0 Å². The summed E-state index contributed by atoms with van der Waals surface area (Å²) in [4.78, 5) is 0. The number of benzene rings is 1. The number of rotatable bonds is 9. The minimum absolute atomic E-state index is 0.695. The molecule has 0 aliphatic carbocycles. The van der Waals surface area contributed by atoms with Gasteiger partial charge in [-0.25, -0.2) is 0 Å². The van der Waals surface area contributed by atoms with E-state index in [0.29, 0.717) is 11.8 Å². The van der Waals surface area contributed by atoms with E-state index in [-0.39, 0.29) is 0 Å². The Morgan fingerprint density at radius 1 is 1.11 bits per heavy atom. The largest absolute Gasteiger partial charge is 0.497 e. The maximum atomic E-state index is 5.16. The molecule has 0 aromatic heterocycles. The lowest BCUT2D eigenvalue weighted by atomic mass is 9.96. The van der Waals surface area contributed by atoms with Crippen molar-refractivity contribution in [3.63, 3.8) is 0 Å². The lowest BCUT2D eigenvalue weighted by Gasteiger charge is -2.21. The second kappa shape index (κ2) is 8.94. The second-order valence-electron chi connectivity index (χ2n) is 5.36. The molecule has 0 saturated heterocycles. The molecular formula is C16H28N2O. The van der Waals surface area contributed by atoms with Gasteiger partial charge in [-0.15, -0.1) is 0 Å². The first-order chi connectivity index (χ1) is 9.17. The quantitative estimate of drug-likeness (QED) is 0.672. The Hall–Kier alpha value is -1.06. The summed E-state index contributed by atoms with van der Waals surface area (Å²) in [6, 6.07) is 8.31. The first-order valence-electron chi connectivity index (χ1n) is 7.15. The lowest BCUT2D eigenvalue weighted by molar-refractivity contribution is 0.354. The fraction of sp³-hybridized carbons (Fsp3) is 0.625. The molecule has 1 aromatic rings. The minimum atomic E-state index is 0.695. The van der Waals surface area contributed by atoms with E-state index in [1.165, 1.54) is 5.56 Å². The molecule has 0 fully saturated rings. The van der Waals surface area contributed by atoms with Gasteiger partial charge < -0.3 is 15.4 Å². The van der Waals surface area contributed by atoms with Crippen molar-refractivity contribution in [3.8, 4) is 5.75 Å². The van der Waals surface area contributed by atoms with Gasteiger partial charge in [0.15, 0.2) is 0 Å². The van der Waals surface area contributed by atoms with Gasteiger partial charge in [-0.3, -0.25) is 0 Å². The molecule has 1 aromatic carbocycles. The average Bonchev–Trinajstić information content (AvgIpc) is 2.42. The normalized spacial score (nSPS) is 12.7. The molecular weight excluding hydrogens is 236 g/mol. The number of hydrogen-bond acceptors (Lipinski definition) is 3. The summed E-state index contributed by atoms with van der Waals surface area (Å²) >= 11 is 0. The molecule has 0 bridgehead atoms. The molecule has 3 nitrogen and oxygen atoms in total. The highest BCUT2D eigenvalue weighted by molar-refractivity contribution is 5.27. The third kappa shape index (κ3) is 6.08. The summed E-state index contributed by atoms with van der Waals surface area (Å²) in [7, 11) is 3.72. The molecule has 19 heavy (non-hydrogen) atoms. The van der Waals surface area contributed by atoms with E-state index in [1.807, 2.05) is 19.2 Å². The van der Waals surface area contributed by atoms with E-state index >= 15 is 0 Å². The lowest BCUT2D eigenvalue weighted by Crippen LogP contribution is -2.34. The molecule has 1 rings (SSSR count). The van der Waals surface area contributed by atoms with E-state index in [4.69, 9.17) is 4.74 Å². The fourth-order valence-electron chi connectivity index (χ4n) is 2.12. The standard InChI is InChI=1S/C16H28N2O/c1-13(2)15(11-17-3)12-18-10-9-14-5-7-16(19-4)8-6-14/h5-8,13,15,17-18H,9-12H2,1-4H3. The van der Waals surface area contributed by atoms with Crippen LogP contribution in [0.1, 0.15) is 19.4 Å². The Labute approximate surface area is 117 Å². The molecule has 0 aliphatic rings. The monoisotopic (exact) mass is 264 g/mol. The molecule has 0 aliphatic heterocycles. The molecule has 2 N–H and O–H groups in total. The number of methoxy groups -OCH3 is 1. The van der Waals surface area contributed by atoms with Crippen LogP contribution in [0.3, 0.4) is 0 Å². The van der Waals surface area contributed by atoms with Gasteiger partial charge >= 0.3 is 0 Å². The molecule has 1 unspecified atom stereocenters. The van der Waals surface area contributed by atoms with Crippen molar-refractivity contribution in [2.75, 3.05) is 33.8 Å². The summed E-state index contributed by atoms with van der Waals surface area (Å²) in [5, 5.41) is 6.82. The Morgan fingerprint density at radius 3 is 2.32 bits per heavy atom. The van der Waals surface area contributed by atoms with Crippen molar-refractivity contribution in [2.24, 2.45) is 11.8 Å². The molecule has 0 radical (unpaired) electrons. The maximum Gasteiger partial charge on any atom is 0.118 e. The molecule has 1 atom stereocenters. The van der Waals surface area contributed by atoms with Gasteiger partial charge in [0.1, 0.15) is 5.75 Å². The fourth-order valence-corrected chi connectivity index (χ4v) is 2.12. The van der Waals surface area contributed by atoms with Crippen LogP contribution in [-0.4, -0.2) is 33.8 Å². The van der Waals surface area contributed by atoms with E-state index in [9.17, 15) is 0 Å². The molecule has 0 amide bonds. The van der Waals surface area contributed by atoms with E-state index in [2.05, 4.69) is 36.6 Å². The highest BCUT2D eigenvalue weighted by atomic mass is 16.5. The van der Waals surface area contributed by atoms with Gasteiger partial charge in [0, 0.05) is 0 Å². The Morgan fingerprint density at radius 2 is 1.79 bits per heavy atom. The SMILES string of the molecule is CNCC(CNCCc1ccc(OC)cc1)C(C)C. The first kappa shape index (κ1) is 16.0. The zero-order valence-electron chi connectivity index (χ0n) is 12.7. The van der Waals surface area contributed by atoms with E-state index in [0.717, 1.165) is 31.8 Å². The van der Waals surface area contributed by atoms with Crippen molar-refractivity contribution in [2.45, 2.75) is 20.3 Å². The van der Waals surface area contributed by atoms with Crippen molar-refractivity contribution in [3.05, 3.63) is 29.8 Å². The number of hydrogen-bond donors (Lipinski definition) is 2. The van der Waals surface area contributed by atoms with Crippen molar-refractivity contribution >= 4 is 0 Å². The molecule has 0 heterocycles. The van der Waals surface area contributed by atoms with Crippen molar-refractivity contribution in [1.82, 2.24) is 10.6 Å². The Kier molecular flexibility index (Phi) is 7.53. The van der Waals surface area contributed by atoms with Gasteiger partial charge in [0.25, 0.3) is 0 Å². The van der Waals surface area contributed by atoms with Crippen molar-refractivity contribution in [1.29, 1.82) is 0 Å². The van der Waals surface area contributed by atoms with Crippen LogP contribution in [0, 0.1) is 11.8 Å². The zero-order chi connectivity index (χ0) is 14.1.